The Morgan fingerprint density at radius 3 is 2.36 bits per heavy atom. The van der Waals surface area contributed by atoms with Crippen LogP contribution in [0.25, 0.3) is 0 Å². The van der Waals surface area contributed by atoms with Crippen molar-refractivity contribution in [3.8, 4) is 0 Å². The van der Waals surface area contributed by atoms with Gasteiger partial charge in [-0.25, -0.2) is 0 Å². The van der Waals surface area contributed by atoms with E-state index in [2.05, 4.69) is 5.10 Å². The Morgan fingerprint density at radius 2 is 1.80 bits per heavy atom. The lowest BCUT2D eigenvalue weighted by Gasteiger charge is -2.32. The Morgan fingerprint density at radius 1 is 1.20 bits per heavy atom. The third-order valence-corrected chi connectivity index (χ3v) is 4.89. The minimum atomic E-state index is -5.00. The van der Waals surface area contributed by atoms with Gasteiger partial charge in [0.2, 0.25) is 0 Å². The van der Waals surface area contributed by atoms with Crippen molar-refractivity contribution in [3.63, 3.8) is 0 Å². The van der Waals surface area contributed by atoms with E-state index in [1.807, 2.05) is 0 Å². The van der Waals surface area contributed by atoms with Crippen molar-refractivity contribution >= 4 is 17.3 Å². The predicted molar refractivity (Wildman–Crippen MR) is 86.7 cm³/mol. The van der Waals surface area contributed by atoms with E-state index in [-0.39, 0.29) is 22.2 Å². The molecule has 1 amide bonds. The number of rotatable bonds is 2. The first-order valence-electron chi connectivity index (χ1n) is 8.29. The van der Waals surface area contributed by atoms with Crippen molar-refractivity contribution in [2.45, 2.75) is 50.4 Å². The molecule has 0 spiro atoms. The van der Waals surface area contributed by atoms with Gasteiger partial charge < -0.3 is 10.8 Å². The van der Waals surface area contributed by atoms with E-state index in [4.69, 9.17) is 5.73 Å². The van der Waals surface area contributed by atoms with Gasteiger partial charge in [0.25, 0.3) is 11.6 Å². The van der Waals surface area contributed by atoms with Crippen molar-refractivity contribution in [2.75, 3.05) is 5.73 Å². The SMILES string of the molecule is Nc1ccc(C(=O)N2N=C(C3CCCCC3)CC2(O)C(F)(F)F)cc1. The van der Waals surface area contributed by atoms with E-state index >= 15 is 0 Å². The highest BCUT2D eigenvalue weighted by atomic mass is 19.4. The Kier molecular flexibility index (Phi) is 4.49. The van der Waals surface area contributed by atoms with Crippen molar-refractivity contribution in [3.05, 3.63) is 29.8 Å². The molecule has 3 rings (SSSR count). The Labute approximate surface area is 143 Å². The summed E-state index contributed by atoms with van der Waals surface area (Å²) < 4.78 is 40.6. The zero-order valence-corrected chi connectivity index (χ0v) is 13.6. The fourth-order valence-electron chi connectivity index (χ4n) is 3.42. The molecule has 0 aromatic heterocycles. The van der Waals surface area contributed by atoms with Gasteiger partial charge in [-0.1, -0.05) is 19.3 Å². The Bertz CT molecular complexity index is 681. The molecular formula is C17H20F3N3O2. The molecule has 1 aromatic carbocycles. The lowest BCUT2D eigenvalue weighted by Crippen LogP contribution is -2.56. The summed E-state index contributed by atoms with van der Waals surface area (Å²) in [5.74, 6) is -1.11. The number of nitrogen functional groups attached to an aromatic ring is 1. The summed E-state index contributed by atoms with van der Waals surface area (Å²) in [6.45, 7) is 0. The van der Waals surface area contributed by atoms with Crippen LogP contribution < -0.4 is 5.73 Å². The molecule has 1 aliphatic heterocycles. The van der Waals surface area contributed by atoms with Gasteiger partial charge in [-0.3, -0.25) is 4.79 Å². The lowest BCUT2D eigenvalue weighted by atomic mass is 9.83. The molecule has 2 aliphatic rings. The van der Waals surface area contributed by atoms with Crippen LogP contribution in [0.4, 0.5) is 18.9 Å². The van der Waals surface area contributed by atoms with Crippen molar-refractivity contribution < 1.29 is 23.1 Å². The first kappa shape index (κ1) is 17.7. The topological polar surface area (TPSA) is 78.9 Å². The number of benzene rings is 1. The maximum atomic E-state index is 13.5. The summed E-state index contributed by atoms with van der Waals surface area (Å²) in [5.41, 5.74) is 2.86. The molecule has 1 atom stereocenters. The standard InChI is InChI=1S/C17H20F3N3O2/c18-17(19,20)16(25)10-14(11-4-2-1-3-5-11)22-23(16)15(24)12-6-8-13(21)9-7-12/h6-9,11,25H,1-5,10,21H2. The molecule has 0 radical (unpaired) electrons. The van der Waals surface area contributed by atoms with Crippen molar-refractivity contribution in [2.24, 2.45) is 11.0 Å². The minimum absolute atomic E-state index is 0.00878. The number of nitrogens with two attached hydrogens (primary N) is 1. The number of hydrazone groups is 1. The second-order valence-electron chi connectivity index (χ2n) is 6.66. The third-order valence-electron chi connectivity index (χ3n) is 4.89. The smallest absolute Gasteiger partial charge is 0.399 e. The number of nitrogens with zero attached hydrogens (tertiary/aromatic N) is 2. The van der Waals surface area contributed by atoms with Crippen LogP contribution in [-0.2, 0) is 0 Å². The fraction of sp³-hybridized carbons (Fsp3) is 0.529. The molecular weight excluding hydrogens is 335 g/mol. The number of aliphatic hydroxyl groups is 1. The Hall–Kier alpha value is -2.09. The molecule has 1 aromatic rings. The van der Waals surface area contributed by atoms with Gasteiger partial charge in [-0.2, -0.15) is 23.3 Å². The van der Waals surface area contributed by atoms with E-state index in [1.54, 1.807) is 0 Å². The Balaban J connectivity index is 1.94. The summed E-state index contributed by atoms with van der Waals surface area (Å²) in [7, 11) is 0. The number of halogens is 3. The minimum Gasteiger partial charge on any atom is -0.399 e. The molecule has 25 heavy (non-hydrogen) atoms. The summed E-state index contributed by atoms with van der Waals surface area (Å²) in [4.78, 5) is 12.6. The van der Waals surface area contributed by atoms with Gasteiger partial charge in [0.1, 0.15) is 0 Å². The van der Waals surface area contributed by atoms with Gasteiger partial charge in [-0.05, 0) is 43.0 Å². The molecule has 0 saturated heterocycles. The summed E-state index contributed by atoms with van der Waals surface area (Å²) >= 11 is 0. The molecule has 0 bridgehead atoms. The highest BCUT2D eigenvalue weighted by Gasteiger charge is 2.63. The quantitative estimate of drug-likeness (QED) is 0.799. The molecule has 1 heterocycles. The van der Waals surface area contributed by atoms with Crippen LogP contribution in [0.2, 0.25) is 0 Å². The molecule has 1 unspecified atom stereocenters. The van der Waals surface area contributed by atoms with E-state index in [0.29, 0.717) is 5.69 Å². The first-order valence-corrected chi connectivity index (χ1v) is 8.29. The maximum Gasteiger partial charge on any atom is 0.438 e. The zero-order valence-electron chi connectivity index (χ0n) is 13.6. The highest BCUT2D eigenvalue weighted by Crippen LogP contribution is 2.43. The van der Waals surface area contributed by atoms with Crippen LogP contribution >= 0.6 is 0 Å². The van der Waals surface area contributed by atoms with Crippen LogP contribution in [0.5, 0.6) is 0 Å². The van der Waals surface area contributed by atoms with Crippen LogP contribution in [0.1, 0.15) is 48.9 Å². The highest BCUT2D eigenvalue weighted by molar-refractivity contribution is 5.99. The number of carbonyl (C=O) groups is 1. The summed E-state index contributed by atoms with van der Waals surface area (Å²) in [5, 5.41) is 14.4. The van der Waals surface area contributed by atoms with E-state index < -0.39 is 24.2 Å². The van der Waals surface area contributed by atoms with Crippen LogP contribution in [-0.4, -0.2) is 33.6 Å². The molecule has 8 heteroatoms. The van der Waals surface area contributed by atoms with Crippen molar-refractivity contribution in [1.29, 1.82) is 0 Å². The third kappa shape index (κ3) is 3.22. The maximum absolute atomic E-state index is 13.5. The fourth-order valence-corrected chi connectivity index (χ4v) is 3.42. The summed E-state index contributed by atoms with van der Waals surface area (Å²) in [6.07, 6.45) is -1.35. The van der Waals surface area contributed by atoms with Crippen LogP contribution in [0, 0.1) is 5.92 Å². The number of hydrogen-bond donors (Lipinski definition) is 2. The van der Waals surface area contributed by atoms with E-state index in [9.17, 15) is 23.1 Å². The van der Waals surface area contributed by atoms with Gasteiger partial charge >= 0.3 is 6.18 Å². The van der Waals surface area contributed by atoms with Gasteiger partial charge in [0.05, 0.1) is 0 Å². The second kappa shape index (κ2) is 6.33. The zero-order chi connectivity index (χ0) is 18.2. The number of alkyl halides is 3. The van der Waals surface area contributed by atoms with Gasteiger partial charge in [0, 0.05) is 23.4 Å². The normalized spacial score (nSPS) is 25.1. The summed E-state index contributed by atoms with van der Waals surface area (Å²) in [6, 6.07) is 5.48. The van der Waals surface area contributed by atoms with Crippen LogP contribution in [0.15, 0.2) is 29.4 Å². The van der Waals surface area contributed by atoms with E-state index in [0.717, 1.165) is 32.1 Å². The van der Waals surface area contributed by atoms with Crippen LogP contribution in [0.3, 0.4) is 0 Å². The number of hydrogen-bond acceptors (Lipinski definition) is 4. The van der Waals surface area contributed by atoms with E-state index in [1.165, 1.54) is 24.3 Å². The molecule has 5 nitrogen and oxygen atoms in total. The molecule has 1 saturated carbocycles. The number of carbonyl (C=O) groups excluding carboxylic acids is 1. The lowest BCUT2D eigenvalue weighted by molar-refractivity contribution is -0.297. The second-order valence-corrected chi connectivity index (χ2v) is 6.66. The number of anilines is 1. The average molecular weight is 355 g/mol. The first-order chi connectivity index (χ1) is 11.7. The van der Waals surface area contributed by atoms with Gasteiger partial charge in [0.15, 0.2) is 0 Å². The number of amides is 1. The molecule has 1 aliphatic carbocycles. The molecule has 3 N–H and O–H groups in total. The largest absolute Gasteiger partial charge is 0.438 e. The predicted octanol–water partition coefficient (Wildman–Crippen LogP) is 3.30. The molecule has 1 fully saturated rings. The van der Waals surface area contributed by atoms with Gasteiger partial charge in [-0.15, -0.1) is 0 Å². The monoisotopic (exact) mass is 355 g/mol. The molecule has 136 valence electrons. The average Bonchev–Trinajstić information content (AvgIpc) is 2.95. The van der Waals surface area contributed by atoms with Crippen molar-refractivity contribution in [1.82, 2.24) is 5.01 Å².